The third-order valence-corrected chi connectivity index (χ3v) is 3.04. The summed E-state index contributed by atoms with van der Waals surface area (Å²) in [6.07, 6.45) is 0.471. The number of hydrogen-bond acceptors (Lipinski definition) is 6. The molecule has 0 unspecified atom stereocenters. The Morgan fingerprint density at radius 1 is 1.52 bits per heavy atom. The fourth-order valence-electron chi connectivity index (χ4n) is 1.95. The number of carbonyl (C=O) groups is 1. The topological polar surface area (TPSA) is 122 Å². The number of hydrogen-bond donors (Lipinski definition) is 3. The van der Waals surface area contributed by atoms with Gasteiger partial charge in [-0.1, -0.05) is 0 Å². The van der Waals surface area contributed by atoms with E-state index in [2.05, 4.69) is 5.43 Å². The molecule has 8 heteroatoms. The van der Waals surface area contributed by atoms with Crippen molar-refractivity contribution in [1.29, 1.82) is 0 Å². The molecule has 0 fully saturated rings. The van der Waals surface area contributed by atoms with Crippen LogP contribution in [-0.4, -0.2) is 40.0 Å². The number of nitrogen functional groups attached to an aromatic ring is 1. The number of nitro groups is 1. The molecule has 0 aliphatic heterocycles. The summed E-state index contributed by atoms with van der Waals surface area (Å²) in [6.45, 7) is 4.13. The summed E-state index contributed by atoms with van der Waals surface area (Å²) in [4.78, 5) is 24.3. The summed E-state index contributed by atoms with van der Waals surface area (Å²) in [5.74, 6) is 5.00. The van der Waals surface area contributed by atoms with Crippen molar-refractivity contribution in [3.63, 3.8) is 0 Å². The monoisotopic (exact) mass is 296 g/mol. The first-order valence-corrected chi connectivity index (χ1v) is 6.59. The van der Waals surface area contributed by atoms with Gasteiger partial charge in [0.2, 0.25) is 0 Å². The number of nitrogens with one attached hydrogen (secondary N) is 1. The highest BCUT2D eigenvalue weighted by molar-refractivity contribution is 5.96. The van der Waals surface area contributed by atoms with Crippen LogP contribution in [0.3, 0.4) is 0 Å². The summed E-state index contributed by atoms with van der Waals surface area (Å²) in [6, 6.07) is 3.95. The standard InChI is InChI=1S/C13H20N4O4/c1-9(2)16(6-3-7-18)13(19)10-4-5-12(17(20)21)11(8-10)15-14/h4-5,8-9,15,18H,3,6-7,14H2,1-2H3. The Kier molecular flexibility index (Phi) is 6.07. The van der Waals surface area contributed by atoms with Gasteiger partial charge in [-0.15, -0.1) is 0 Å². The molecular formula is C13H20N4O4. The predicted molar refractivity (Wildman–Crippen MR) is 78.8 cm³/mol. The highest BCUT2D eigenvalue weighted by Crippen LogP contribution is 2.25. The Labute approximate surface area is 122 Å². The van der Waals surface area contributed by atoms with Crippen LogP contribution in [0.4, 0.5) is 11.4 Å². The van der Waals surface area contributed by atoms with Crippen LogP contribution in [0, 0.1) is 10.1 Å². The minimum atomic E-state index is -0.574. The van der Waals surface area contributed by atoms with Crippen LogP contribution in [0.1, 0.15) is 30.6 Å². The van der Waals surface area contributed by atoms with Gasteiger partial charge in [-0.05, 0) is 32.4 Å². The first kappa shape index (κ1) is 16.9. The molecular weight excluding hydrogens is 276 g/mol. The van der Waals surface area contributed by atoms with E-state index in [4.69, 9.17) is 10.9 Å². The van der Waals surface area contributed by atoms with Crippen LogP contribution in [0.2, 0.25) is 0 Å². The normalized spacial score (nSPS) is 10.5. The molecule has 8 nitrogen and oxygen atoms in total. The number of hydrazine groups is 1. The van der Waals surface area contributed by atoms with Crippen molar-refractivity contribution >= 4 is 17.3 Å². The maximum atomic E-state index is 12.4. The second-order valence-electron chi connectivity index (χ2n) is 4.80. The number of aliphatic hydroxyl groups is 1. The molecule has 1 rings (SSSR count). The van der Waals surface area contributed by atoms with Gasteiger partial charge >= 0.3 is 0 Å². The van der Waals surface area contributed by atoms with E-state index in [0.717, 1.165) is 0 Å². The van der Waals surface area contributed by atoms with E-state index in [-0.39, 0.29) is 29.9 Å². The van der Waals surface area contributed by atoms with Gasteiger partial charge in [0.15, 0.2) is 0 Å². The SMILES string of the molecule is CC(C)N(CCCO)C(=O)c1ccc([N+](=O)[O-])c(NN)c1. The van der Waals surface area contributed by atoms with Crippen LogP contribution < -0.4 is 11.3 Å². The molecule has 0 saturated heterocycles. The van der Waals surface area contributed by atoms with Crippen LogP contribution in [0.5, 0.6) is 0 Å². The van der Waals surface area contributed by atoms with Crippen molar-refractivity contribution in [2.75, 3.05) is 18.6 Å². The molecule has 0 spiro atoms. The number of amides is 1. The lowest BCUT2D eigenvalue weighted by Gasteiger charge is -2.26. The van der Waals surface area contributed by atoms with Crippen LogP contribution in [0.15, 0.2) is 18.2 Å². The smallest absolute Gasteiger partial charge is 0.293 e. The highest BCUT2D eigenvalue weighted by atomic mass is 16.6. The zero-order valence-electron chi connectivity index (χ0n) is 12.1. The number of aliphatic hydroxyl groups excluding tert-OH is 1. The van der Waals surface area contributed by atoms with Crippen molar-refractivity contribution in [3.8, 4) is 0 Å². The number of carbonyl (C=O) groups excluding carboxylic acids is 1. The highest BCUT2D eigenvalue weighted by Gasteiger charge is 2.21. The second-order valence-corrected chi connectivity index (χ2v) is 4.80. The van der Waals surface area contributed by atoms with Gasteiger partial charge < -0.3 is 15.4 Å². The molecule has 1 amide bonds. The van der Waals surface area contributed by atoms with E-state index < -0.39 is 4.92 Å². The fraction of sp³-hybridized carbons (Fsp3) is 0.462. The van der Waals surface area contributed by atoms with Crippen LogP contribution in [-0.2, 0) is 0 Å². The van der Waals surface area contributed by atoms with Crippen molar-refractivity contribution in [2.45, 2.75) is 26.3 Å². The molecule has 21 heavy (non-hydrogen) atoms. The van der Waals surface area contributed by atoms with E-state index in [1.165, 1.54) is 18.2 Å². The molecule has 0 aliphatic carbocycles. The molecule has 0 aromatic heterocycles. The average molecular weight is 296 g/mol. The lowest BCUT2D eigenvalue weighted by atomic mass is 10.1. The third kappa shape index (κ3) is 4.14. The average Bonchev–Trinajstić information content (AvgIpc) is 2.46. The van der Waals surface area contributed by atoms with Crippen LogP contribution in [0.25, 0.3) is 0 Å². The van der Waals surface area contributed by atoms with Gasteiger partial charge in [-0.3, -0.25) is 20.8 Å². The minimum absolute atomic E-state index is 0.00757. The Morgan fingerprint density at radius 2 is 2.19 bits per heavy atom. The van der Waals surface area contributed by atoms with E-state index in [1.54, 1.807) is 4.90 Å². The molecule has 0 aliphatic rings. The fourth-order valence-corrected chi connectivity index (χ4v) is 1.95. The molecule has 0 bridgehead atoms. The number of nitrogens with zero attached hydrogens (tertiary/aromatic N) is 2. The van der Waals surface area contributed by atoms with Gasteiger partial charge in [-0.2, -0.15) is 0 Å². The first-order valence-electron chi connectivity index (χ1n) is 6.59. The Bertz CT molecular complexity index is 519. The van der Waals surface area contributed by atoms with Crippen LogP contribution >= 0.6 is 0 Å². The first-order chi connectivity index (χ1) is 9.92. The van der Waals surface area contributed by atoms with Gasteiger partial charge in [0.05, 0.1) is 4.92 Å². The summed E-state index contributed by atoms with van der Waals surface area (Å²) < 4.78 is 0. The lowest BCUT2D eigenvalue weighted by Crippen LogP contribution is -2.38. The Hall–Kier alpha value is -2.19. The largest absolute Gasteiger partial charge is 0.396 e. The van der Waals surface area contributed by atoms with Gasteiger partial charge in [0.25, 0.3) is 11.6 Å². The quantitative estimate of drug-likeness (QED) is 0.393. The van der Waals surface area contributed by atoms with E-state index in [1.807, 2.05) is 13.8 Å². The minimum Gasteiger partial charge on any atom is -0.396 e. The van der Waals surface area contributed by atoms with E-state index in [0.29, 0.717) is 18.5 Å². The summed E-state index contributed by atoms with van der Waals surface area (Å²) >= 11 is 0. The summed E-state index contributed by atoms with van der Waals surface area (Å²) in [5.41, 5.74) is 2.42. The second kappa shape index (κ2) is 7.55. The number of nitrogens with two attached hydrogens (primary N) is 1. The van der Waals surface area contributed by atoms with E-state index >= 15 is 0 Å². The molecule has 0 atom stereocenters. The molecule has 1 aromatic carbocycles. The predicted octanol–water partition coefficient (Wildman–Crippen LogP) is 1.11. The summed E-state index contributed by atoms with van der Waals surface area (Å²) in [5, 5.41) is 19.7. The molecule has 1 aromatic rings. The third-order valence-electron chi connectivity index (χ3n) is 3.04. The van der Waals surface area contributed by atoms with Crippen molar-refractivity contribution in [1.82, 2.24) is 4.90 Å². The van der Waals surface area contributed by atoms with Gasteiger partial charge in [0.1, 0.15) is 5.69 Å². The van der Waals surface area contributed by atoms with Gasteiger partial charge in [0, 0.05) is 30.8 Å². The van der Waals surface area contributed by atoms with E-state index in [9.17, 15) is 14.9 Å². The number of nitro benzene ring substituents is 1. The molecule has 0 heterocycles. The molecule has 116 valence electrons. The molecule has 0 saturated carbocycles. The number of anilines is 1. The number of rotatable bonds is 7. The van der Waals surface area contributed by atoms with Crippen molar-refractivity contribution in [3.05, 3.63) is 33.9 Å². The summed E-state index contributed by atoms with van der Waals surface area (Å²) in [7, 11) is 0. The number of benzene rings is 1. The maximum Gasteiger partial charge on any atom is 0.293 e. The zero-order valence-corrected chi connectivity index (χ0v) is 12.1. The van der Waals surface area contributed by atoms with Crippen molar-refractivity contribution in [2.24, 2.45) is 5.84 Å². The molecule has 0 radical (unpaired) electrons. The zero-order chi connectivity index (χ0) is 16.0. The molecule has 4 N–H and O–H groups in total. The van der Waals surface area contributed by atoms with Gasteiger partial charge in [-0.25, -0.2) is 0 Å². The lowest BCUT2D eigenvalue weighted by molar-refractivity contribution is -0.384. The maximum absolute atomic E-state index is 12.4. The Balaban J connectivity index is 3.08. The van der Waals surface area contributed by atoms with Crippen molar-refractivity contribution < 1.29 is 14.8 Å². The Morgan fingerprint density at radius 3 is 2.67 bits per heavy atom.